The molecule has 1 heterocycles. The van der Waals surface area contributed by atoms with Gasteiger partial charge in [-0.15, -0.1) is 0 Å². The summed E-state index contributed by atoms with van der Waals surface area (Å²) in [5.74, 6) is -0.532. The molecule has 0 bridgehead atoms. The molecule has 0 aromatic heterocycles. The van der Waals surface area contributed by atoms with Crippen molar-refractivity contribution in [2.24, 2.45) is 0 Å². The molecule has 0 spiro atoms. The van der Waals surface area contributed by atoms with Gasteiger partial charge in [-0.1, -0.05) is 18.2 Å². The molecule has 0 unspecified atom stereocenters. The topological polar surface area (TPSA) is 18.5 Å². The second kappa shape index (κ2) is 3.37. The van der Waals surface area contributed by atoms with Gasteiger partial charge in [0, 0.05) is 5.56 Å². The highest BCUT2D eigenvalue weighted by atomic mass is 16.7. The van der Waals surface area contributed by atoms with E-state index in [1.807, 2.05) is 13.0 Å². The fraction of sp³-hybridized carbons (Fsp3) is 0.500. The molecule has 76 valence electrons. The summed E-state index contributed by atoms with van der Waals surface area (Å²) in [5, 5.41) is 0. The summed E-state index contributed by atoms with van der Waals surface area (Å²) in [6.07, 6.45) is 0. The summed E-state index contributed by atoms with van der Waals surface area (Å²) in [5.41, 5.74) is 3.69. The highest BCUT2D eigenvalue weighted by Gasteiger charge is 2.34. The SMILES string of the molecule is Cc1cccc(C2(C)OCCO2)c1C. The van der Waals surface area contributed by atoms with E-state index in [4.69, 9.17) is 9.47 Å². The molecular weight excluding hydrogens is 176 g/mol. The Kier molecular flexibility index (Phi) is 2.33. The molecule has 0 aliphatic carbocycles. The summed E-state index contributed by atoms with van der Waals surface area (Å²) in [6, 6.07) is 6.23. The van der Waals surface area contributed by atoms with Crippen molar-refractivity contribution in [1.29, 1.82) is 0 Å². The molecule has 0 saturated carbocycles. The van der Waals surface area contributed by atoms with Crippen LogP contribution in [-0.4, -0.2) is 13.2 Å². The largest absolute Gasteiger partial charge is 0.344 e. The molecule has 0 amide bonds. The van der Waals surface area contributed by atoms with Crippen LogP contribution in [0.1, 0.15) is 23.6 Å². The first kappa shape index (κ1) is 9.69. The van der Waals surface area contributed by atoms with E-state index in [1.54, 1.807) is 0 Å². The third-order valence-electron chi connectivity index (χ3n) is 2.93. The lowest BCUT2D eigenvalue weighted by atomic mass is 9.98. The lowest BCUT2D eigenvalue weighted by Crippen LogP contribution is -2.23. The molecule has 2 rings (SSSR count). The average molecular weight is 192 g/mol. The van der Waals surface area contributed by atoms with Crippen LogP contribution < -0.4 is 0 Å². The van der Waals surface area contributed by atoms with Crippen LogP contribution in [0.25, 0.3) is 0 Å². The molecule has 2 heteroatoms. The lowest BCUT2D eigenvalue weighted by molar-refractivity contribution is -0.150. The number of rotatable bonds is 1. The van der Waals surface area contributed by atoms with Crippen molar-refractivity contribution in [2.75, 3.05) is 13.2 Å². The van der Waals surface area contributed by atoms with E-state index in [9.17, 15) is 0 Å². The minimum absolute atomic E-state index is 0.532. The van der Waals surface area contributed by atoms with E-state index in [0.29, 0.717) is 13.2 Å². The zero-order chi connectivity index (χ0) is 10.2. The predicted octanol–water partition coefficient (Wildman–Crippen LogP) is 2.52. The highest BCUT2D eigenvalue weighted by molar-refractivity contribution is 5.36. The molecule has 1 aliphatic heterocycles. The van der Waals surface area contributed by atoms with Crippen molar-refractivity contribution < 1.29 is 9.47 Å². The molecule has 0 atom stereocenters. The summed E-state index contributed by atoms with van der Waals surface area (Å²) >= 11 is 0. The number of ether oxygens (including phenoxy) is 2. The molecule has 1 aliphatic rings. The first-order chi connectivity index (χ1) is 6.63. The molecule has 14 heavy (non-hydrogen) atoms. The molecule has 0 radical (unpaired) electrons. The second-order valence-electron chi connectivity index (χ2n) is 3.89. The van der Waals surface area contributed by atoms with E-state index in [2.05, 4.69) is 26.0 Å². The van der Waals surface area contributed by atoms with Crippen molar-refractivity contribution in [3.8, 4) is 0 Å². The van der Waals surface area contributed by atoms with Gasteiger partial charge in [0.1, 0.15) is 0 Å². The monoisotopic (exact) mass is 192 g/mol. The zero-order valence-corrected chi connectivity index (χ0v) is 8.96. The summed E-state index contributed by atoms with van der Waals surface area (Å²) in [4.78, 5) is 0. The fourth-order valence-electron chi connectivity index (χ4n) is 1.91. The van der Waals surface area contributed by atoms with Crippen LogP contribution in [0.5, 0.6) is 0 Å². The van der Waals surface area contributed by atoms with Crippen LogP contribution in [-0.2, 0) is 15.3 Å². The molecule has 1 saturated heterocycles. The van der Waals surface area contributed by atoms with Gasteiger partial charge < -0.3 is 9.47 Å². The van der Waals surface area contributed by atoms with Gasteiger partial charge in [-0.3, -0.25) is 0 Å². The number of hydrogen-bond donors (Lipinski definition) is 0. The van der Waals surface area contributed by atoms with Crippen LogP contribution >= 0.6 is 0 Å². The molecule has 0 N–H and O–H groups in total. The second-order valence-corrected chi connectivity index (χ2v) is 3.89. The molecule has 2 nitrogen and oxygen atoms in total. The molecular formula is C12H16O2. The molecule has 1 fully saturated rings. The fourth-order valence-corrected chi connectivity index (χ4v) is 1.91. The van der Waals surface area contributed by atoms with Gasteiger partial charge in [0.05, 0.1) is 13.2 Å². The predicted molar refractivity (Wildman–Crippen MR) is 55.2 cm³/mol. The van der Waals surface area contributed by atoms with Gasteiger partial charge in [-0.2, -0.15) is 0 Å². The van der Waals surface area contributed by atoms with E-state index in [0.717, 1.165) is 5.56 Å². The third-order valence-corrected chi connectivity index (χ3v) is 2.93. The number of hydrogen-bond acceptors (Lipinski definition) is 2. The van der Waals surface area contributed by atoms with Crippen LogP contribution in [0.15, 0.2) is 18.2 Å². The normalized spacial score (nSPS) is 19.9. The van der Waals surface area contributed by atoms with Crippen molar-refractivity contribution in [2.45, 2.75) is 26.6 Å². The van der Waals surface area contributed by atoms with Crippen molar-refractivity contribution in [3.05, 3.63) is 34.9 Å². The summed E-state index contributed by atoms with van der Waals surface area (Å²) in [7, 11) is 0. The summed E-state index contributed by atoms with van der Waals surface area (Å²) in [6.45, 7) is 7.58. The average Bonchev–Trinajstić information content (AvgIpc) is 2.58. The Balaban J connectivity index is 2.45. The maximum Gasteiger partial charge on any atom is 0.192 e. The lowest BCUT2D eigenvalue weighted by Gasteiger charge is -2.25. The zero-order valence-electron chi connectivity index (χ0n) is 8.96. The minimum atomic E-state index is -0.532. The Labute approximate surface area is 84.8 Å². The smallest absolute Gasteiger partial charge is 0.192 e. The minimum Gasteiger partial charge on any atom is -0.344 e. The van der Waals surface area contributed by atoms with Gasteiger partial charge in [-0.25, -0.2) is 0 Å². The highest BCUT2D eigenvalue weighted by Crippen LogP contribution is 2.33. The van der Waals surface area contributed by atoms with Gasteiger partial charge in [0.15, 0.2) is 5.79 Å². The van der Waals surface area contributed by atoms with E-state index in [-0.39, 0.29) is 0 Å². The Hall–Kier alpha value is -0.860. The van der Waals surface area contributed by atoms with Crippen molar-refractivity contribution in [3.63, 3.8) is 0 Å². The Morgan fingerprint density at radius 1 is 1.14 bits per heavy atom. The quantitative estimate of drug-likeness (QED) is 0.680. The van der Waals surface area contributed by atoms with Gasteiger partial charge in [0.25, 0.3) is 0 Å². The van der Waals surface area contributed by atoms with Crippen LogP contribution in [0.2, 0.25) is 0 Å². The van der Waals surface area contributed by atoms with Crippen molar-refractivity contribution >= 4 is 0 Å². The van der Waals surface area contributed by atoms with Gasteiger partial charge in [-0.05, 0) is 31.9 Å². The van der Waals surface area contributed by atoms with Crippen molar-refractivity contribution in [1.82, 2.24) is 0 Å². The third kappa shape index (κ3) is 1.45. The maximum atomic E-state index is 5.64. The first-order valence-electron chi connectivity index (χ1n) is 4.98. The Morgan fingerprint density at radius 3 is 2.43 bits per heavy atom. The van der Waals surface area contributed by atoms with Crippen LogP contribution in [0, 0.1) is 13.8 Å². The summed E-state index contributed by atoms with van der Waals surface area (Å²) < 4.78 is 11.3. The molecule has 1 aromatic rings. The van der Waals surface area contributed by atoms with Crippen LogP contribution in [0.4, 0.5) is 0 Å². The Morgan fingerprint density at radius 2 is 1.79 bits per heavy atom. The van der Waals surface area contributed by atoms with E-state index >= 15 is 0 Å². The van der Waals surface area contributed by atoms with E-state index in [1.165, 1.54) is 11.1 Å². The standard InChI is InChI=1S/C12H16O2/c1-9-5-4-6-11(10(9)2)12(3)13-7-8-14-12/h4-6H,7-8H2,1-3H3. The molecule has 1 aromatic carbocycles. The number of aryl methyl sites for hydroxylation is 1. The van der Waals surface area contributed by atoms with Gasteiger partial charge >= 0.3 is 0 Å². The number of benzene rings is 1. The maximum absolute atomic E-state index is 5.64. The van der Waals surface area contributed by atoms with Crippen LogP contribution in [0.3, 0.4) is 0 Å². The Bertz CT molecular complexity index is 338. The van der Waals surface area contributed by atoms with E-state index < -0.39 is 5.79 Å². The first-order valence-corrected chi connectivity index (χ1v) is 4.98. The van der Waals surface area contributed by atoms with Gasteiger partial charge in [0.2, 0.25) is 0 Å².